The highest BCUT2D eigenvalue weighted by molar-refractivity contribution is 14.0. The van der Waals surface area contributed by atoms with E-state index in [2.05, 4.69) is 70.2 Å². The van der Waals surface area contributed by atoms with E-state index in [4.69, 9.17) is 0 Å². The third-order valence-electron chi connectivity index (χ3n) is 3.96. The zero-order valence-corrected chi connectivity index (χ0v) is 17.2. The summed E-state index contributed by atoms with van der Waals surface area (Å²) in [5, 5.41) is 6.79. The van der Waals surface area contributed by atoms with E-state index in [1.807, 2.05) is 12.5 Å². The molecule has 0 fully saturated rings. The van der Waals surface area contributed by atoms with Crippen molar-refractivity contribution in [2.45, 2.75) is 39.9 Å². The molecule has 5 nitrogen and oxygen atoms in total. The zero-order chi connectivity index (χ0) is 16.7. The number of halogens is 1. The SMILES string of the molecule is CN=C(NCc1cccc(Cn2ccnc2)c1)NC(C)C(C)C.I. The minimum absolute atomic E-state index is 0. The summed E-state index contributed by atoms with van der Waals surface area (Å²) >= 11 is 0. The van der Waals surface area contributed by atoms with Gasteiger partial charge in [-0.05, 0) is 24.0 Å². The summed E-state index contributed by atoms with van der Waals surface area (Å²) in [6.45, 7) is 8.16. The second-order valence-corrected chi connectivity index (χ2v) is 6.16. The van der Waals surface area contributed by atoms with E-state index in [1.54, 1.807) is 13.2 Å². The first kappa shape index (κ1) is 20.5. The van der Waals surface area contributed by atoms with Crippen LogP contribution in [0.2, 0.25) is 0 Å². The summed E-state index contributed by atoms with van der Waals surface area (Å²) < 4.78 is 2.07. The van der Waals surface area contributed by atoms with E-state index in [1.165, 1.54) is 11.1 Å². The third kappa shape index (κ3) is 6.51. The lowest BCUT2D eigenvalue weighted by atomic mass is 10.1. The number of nitrogens with one attached hydrogen (secondary N) is 2. The van der Waals surface area contributed by atoms with Gasteiger partial charge in [-0.1, -0.05) is 38.1 Å². The Morgan fingerprint density at radius 2 is 2.00 bits per heavy atom. The van der Waals surface area contributed by atoms with Gasteiger partial charge in [0.2, 0.25) is 0 Å². The summed E-state index contributed by atoms with van der Waals surface area (Å²) in [5.41, 5.74) is 2.50. The van der Waals surface area contributed by atoms with E-state index in [9.17, 15) is 0 Å². The Bertz CT molecular complexity index is 622. The molecule has 0 amide bonds. The predicted octanol–water partition coefficient (Wildman–Crippen LogP) is 3.26. The van der Waals surface area contributed by atoms with Gasteiger partial charge < -0.3 is 15.2 Å². The van der Waals surface area contributed by atoms with Crippen molar-refractivity contribution in [1.29, 1.82) is 0 Å². The normalized spacial score (nSPS) is 12.6. The first-order valence-electron chi connectivity index (χ1n) is 8.09. The maximum atomic E-state index is 4.29. The number of benzene rings is 1. The molecule has 132 valence electrons. The minimum Gasteiger partial charge on any atom is -0.354 e. The van der Waals surface area contributed by atoms with Crippen LogP contribution in [0, 0.1) is 5.92 Å². The number of hydrogen-bond acceptors (Lipinski definition) is 2. The van der Waals surface area contributed by atoms with Crippen LogP contribution in [0.5, 0.6) is 0 Å². The van der Waals surface area contributed by atoms with Crippen molar-refractivity contribution >= 4 is 29.9 Å². The second kappa shape index (κ2) is 10.3. The molecule has 1 atom stereocenters. The molecule has 1 unspecified atom stereocenters. The van der Waals surface area contributed by atoms with E-state index >= 15 is 0 Å². The quantitative estimate of drug-likeness (QED) is 0.411. The fourth-order valence-corrected chi connectivity index (χ4v) is 2.19. The van der Waals surface area contributed by atoms with Crippen LogP contribution in [0.4, 0.5) is 0 Å². The highest BCUT2D eigenvalue weighted by Crippen LogP contribution is 2.07. The monoisotopic (exact) mass is 441 g/mol. The fourth-order valence-electron chi connectivity index (χ4n) is 2.19. The molecule has 0 bridgehead atoms. The molecule has 0 aliphatic rings. The van der Waals surface area contributed by atoms with Crippen LogP contribution in [0.1, 0.15) is 31.9 Å². The van der Waals surface area contributed by atoms with Crippen molar-refractivity contribution in [3.63, 3.8) is 0 Å². The lowest BCUT2D eigenvalue weighted by Crippen LogP contribution is -2.43. The molecular formula is C18H28IN5. The first-order valence-corrected chi connectivity index (χ1v) is 8.09. The van der Waals surface area contributed by atoms with Crippen LogP contribution >= 0.6 is 24.0 Å². The van der Waals surface area contributed by atoms with Crippen molar-refractivity contribution < 1.29 is 0 Å². The van der Waals surface area contributed by atoms with Crippen LogP contribution in [0.25, 0.3) is 0 Å². The Morgan fingerprint density at radius 1 is 1.25 bits per heavy atom. The van der Waals surface area contributed by atoms with Crippen LogP contribution in [-0.2, 0) is 13.1 Å². The van der Waals surface area contributed by atoms with Crippen molar-refractivity contribution in [1.82, 2.24) is 20.2 Å². The average Bonchev–Trinajstić information content (AvgIpc) is 3.04. The van der Waals surface area contributed by atoms with Crippen LogP contribution in [0.3, 0.4) is 0 Å². The van der Waals surface area contributed by atoms with E-state index in [0.717, 1.165) is 19.0 Å². The van der Waals surface area contributed by atoms with Gasteiger partial charge in [0, 0.05) is 38.6 Å². The Morgan fingerprint density at radius 3 is 2.62 bits per heavy atom. The molecule has 0 aliphatic heterocycles. The fraction of sp³-hybridized carbons (Fsp3) is 0.444. The molecule has 2 aromatic rings. The number of hydrogen-bond donors (Lipinski definition) is 2. The van der Waals surface area contributed by atoms with Gasteiger partial charge in [-0.25, -0.2) is 4.98 Å². The predicted molar refractivity (Wildman–Crippen MR) is 111 cm³/mol. The van der Waals surface area contributed by atoms with Gasteiger partial charge in [0.15, 0.2) is 5.96 Å². The number of imidazole rings is 1. The minimum atomic E-state index is 0. The van der Waals surface area contributed by atoms with Gasteiger partial charge >= 0.3 is 0 Å². The summed E-state index contributed by atoms with van der Waals surface area (Å²) in [4.78, 5) is 8.37. The second-order valence-electron chi connectivity index (χ2n) is 6.16. The van der Waals surface area contributed by atoms with Crippen LogP contribution in [0.15, 0.2) is 48.0 Å². The van der Waals surface area contributed by atoms with Crippen molar-refractivity contribution in [3.05, 3.63) is 54.1 Å². The standard InChI is InChI=1S/C18H27N5.HI/c1-14(2)15(3)22-18(19-4)21-11-16-6-5-7-17(10-16)12-23-9-8-20-13-23;/h5-10,13-15H,11-12H2,1-4H3,(H2,19,21,22);1H. The highest BCUT2D eigenvalue weighted by atomic mass is 127. The van der Waals surface area contributed by atoms with Crippen LogP contribution < -0.4 is 10.6 Å². The Kier molecular flexibility index (Phi) is 8.81. The van der Waals surface area contributed by atoms with Gasteiger partial charge in [-0.3, -0.25) is 4.99 Å². The van der Waals surface area contributed by atoms with Crippen molar-refractivity contribution in [2.75, 3.05) is 7.05 Å². The maximum absolute atomic E-state index is 4.29. The van der Waals surface area contributed by atoms with Gasteiger partial charge in [0.05, 0.1) is 6.33 Å². The largest absolute Gasteiger partial charge is 0.354 e. The van der Waals surface area contributed by atoms with E-state index in [-0.39, 0.29) is 24.0 Å². The third-order valence-corrected chi connectivity index (χ3v) is 3.96. The average molecular weight is 441 g/mol. The molecule has 1 heterocycles. The Hall–Kier alpha value is -1.57. The molecule has 24 heavy (non-hydrogen) atoms. The number of rotatable bonds is 6. The number of aliphatic imine (C=N–C) groups is 1. The lowest BCUT2D eigenvalue weighted by molar-refractivity contribution is 0.481. The van der Waals surface area contributed by atoms with Crippen LogP contribution in [-0.4, -0.2) is 28.6 Å². The summed E-state index contributed by atoms with van der Waals surface area (Å²) in [6.07, 6.45) is 5.62. The van der Waals surface area contributed by atoms with Gasteiger partial charge in [-0.2, -0.15) is 0 Å². The smallest absolute Gasteiger partial charge is 0.191 e. The number of aromatic nitrogens is 2. The Balaban J connectivity index is 0.00000288. The van der Waals surface area contributed by atoms with E-state index in [0.29, 0.717) is 12.0 Å². The molecule has 6 heteroatoms. The highest BCUT2D eigenvalue weighted by Gasteiger charge is 2.08. The molecule has 2 N–H and O–H groups in total. The van der Waals surface area contributed by atoms with Gasteiger partial charge in [0.1, 0.15) is 0 Å². The molecule has 1 aromatic carbocycles. The summed E-state index contributed by atoms with van der Waals surface area (Å²) in [5.74, 6) is 1.40. The molecule has 0 spiro atoms. The van der Waals surface area contributed by atoms with Gasteiger partial charge in [-0.15, -0.1) is 24.0 Å². The number of nitrogens with zero attached hydrogens (tertiary/aromatic N) is 3. The van der Waals surface area contributed by atoms with Gasteiger partial charge in [0.25, 0.3) is 0 Å². The van der Waals surface area contributed by atoms with Crippen molar-refractivity contribution in [2.24, 2.45) is 10.9 Å². The molecule has 0 aliphatic carbocycles. The topological polar surface area (TPSA) is 54.2 Å². The summed E-state index contributed by atoms with van der Waals surface area (Å²) in [6, 6.07) is 8.96. The molecule has 0 saturated carbocycles. The zero-order valence-electron chi connectivity index (χ0n) is 14.9. The van der Waals surface area contributed by atoms with E-state index < -0.39 is 0 Å². The Labute approximate surface area is 162 Å². The number of guanidine groups is 1. The lowest BCUT2D eigenvalue weighted by Gasteiger charge is -2.20. The summed E-state index contributed by atoms with van der Waals surface area (Å²) in [7, 11) is 1.80. The van der Waals surface area contributed by atoms with Crippen molar-refractivity contribution in [3.8, 4) is 0 Å². The molecule has 0 saturated heterocycles. The molecule has 1 aromatic heterocycles. The maximum Gasteiger partial charge on any atom is 0.191 e. The molecule has 0 radical (unpaired) electrons. The first-order chi connectivity index (χ1) is 11.1. The molecular weight excluding hydrogens is 413 g/mol. The molecule has 2 rings (SSSR count).